The number of aromatic nitrogens is 1. The maximum atomic E-state index is 11.2. The molecule has 0 spiro atoms. The summed E-state index contributed by atoms with van der Waals surface area (Å²) in [6, 6.07) is 5.55. The van der Waals surface area contributed by atoms with Gasteiger partial charge in [0, 0.05) is 19.2 Å². The first-order valence-electron chi connectivity index (χ1n) is 4.01. The van der Waals surface area contributed by atoms with Crippen molar-refractivity contribution in [2.24, 2.45) is 12.8 Å². The van der Waals surface area contributed by atoms with Gasteiger partial charge in [0.05, 0.1) is 5.52 Å². The first-order valence-corrected chi connectivity index (χ1v) is 4.01. The summed E-state index contributed by atoms with van der Waals surface area (Å²) in [6.07, 6.45) is 0. The van der Waals surface area contributed by atoms with Crippen LogP contribution in [0.4, 0.5) is 0 Å². The largest absolute Gasteiger partial charge is 0.419 e. The Morgan fingerprint density at radius 3 is 3.00 bits per heavy atom. The normalized spacial score (nSPS) is 10.9. The van der Waals surface area contributed by atoms with Gasteiger partial charge >= 0.3 is 5.76 Å². The van der Waals surface area contributed by atoms with Crippen molar-refractivity contribution in [3.8, 4) is 0 Å². The molecule has 13 heavy (non-hydrogen) atoms. The van der Waals surface area contributed by atoms with Crippen LogP contribution in [0.15, 0.2) is 27.4 Å². The molecule has 0 bridgehead atoms. The number of nitrogens with zero attached hydrogens (tertiary/aromatic N) is 1. The van der Waals surface area contributed by atoms with Gasteiger partial charge in [-0.25, -0.2) is 4.79 Å². The SMILES string of the molecule is Cn1c(=O)oc2c(CN)cccc21. The van der Waals surface area contributed by atoms with E-state index in [1.807, 2.05) is 18.2 Å². The first-order chi connectivity index (χ1) is 6.24. The average Bonchev–Trinajstić information content (AvgIpc) is 2.43. The summed E-state index contributed by atoms with van der Waals surface area (Å²) in [5.74, 6) is -0.351. The minimum absolute atomic E-state index is 0.351. The van der Waals surface area contributed by atoms with Gasteiger partial charge in [0.25, 0.3) is 0 Å². The summed E-state index contributed by atoms with van der Waals surface area (Å²) in [5.41, 5.74) is 7.74. The zero-order valence-corrected chi connectivity index (χ0v) is 7.28. The van der Waals surface area contributed by atoms with Crippen molar-refractivity contribution in [3.05, 3.63) is 34.3 Å². The molecule has 0 unspecified atom stereocenters. The summed E-state index contributed by atoms with van der Waals surface area (Å²) in [6.45, 7) is 0.379. The summed E-state index contributed by atoms with van der Waals surface area (Å²) in [5, 5.41) is 0. The van der Waals surface area contributed by atoms with Crippen molar-refractivity contribution >= 4 is 11.1 Å². The molecule has 0 saturated carbocycles. The minimum Gasteiger partial charge on any atom is -0.407 e. The second-order valence-corrected chi connectivity index (χ2v) is 2.90. The fourth-order valence-electron chi connectivity index (χ4n) is 1.37. The zero-order chi connectivity index (χ0) is 9.42. The molecule has 0 amide bonds. The Morgan fingerprint density at radius 2 is 2.31 bits per heavy atom. The Hall–Kier alpha value is -1.55. The van der Waals surface area contributed by atoms with E-state index in [-0.39, 0.29) is 5.76 Å². The van der Waals surface area contributed by atoms with E-state index in [9.17, 15) is 4.79 Å². The molecule has 4 nitrogen and oxygen atoms in total. The molecule has 2 N–H and O–H groups in total. The highest BCUT2D eigenvalue weighted by atomic mass is 16.4. The summed E-state index contributed by atoms with van der Waals surface area (Å²) < 4.78 is 6.51. The van der Waals surface area contributed by atoms with Crippen LogP contribution in [-0.2, 0) is 13.6 Å². The molecule has 68 valence electrons. The van der Waals surface area contributed by atoms with Crippen molar-refractivity contribution in [3.63, 3.8) is 0 Å². The van der Waals surface area contributed by atoms with Gasteiger partial charge in [-0.05, 0) is 6.07 Å². The standard InChI is InChI=1S/C9H10N2O2/c1-11-7-4-2-3-6(5-10)8(7)13-9(11)12/h2-4H,5,10H2,1H3. The molecule has 4 heteroatoms. The van der Waals surface area contributed by atoms with Crippen molar-refractivity contribution < 1.29 is 4.42 Å². The number of benzene rings is 1. The predicted molar refractivity (Wildman–Crippen MR) is 49.3 cm³/mol. The summed E-state index contributed by atoms with van der Waals surface area (Å²) in [7, 11) is 1.68. The Bertz CT molecular complexity index is 496. The van der Waals surface area contributed by atoms with Crippen molar-refractivity contribution in [1.82, 2.24) is 4.57 Å². The highest BCUT2D eigenvalue weighted by molar-refractivity contribution is 5.76. The number of para-hydroxylation sites is 1. The quantitative estimate of drug-likeness (QED) is 0.695. The van der Waals surface area contributed by atoms with Crippen LogP contribution in [0.1, 0.15) is 5.56 Å². The molecule has 1 aromatic heterocycles. The highest BCUT2D eigenvalue weighted by Crippen LogP contribution is 2.16. The molecule has 0 aliphatic carbocycles. The number of rotatable bonds is 1. The van der Waals surface area contributed by atoms with E-state index < -0.39 is 0 Å². The second kappa shape index (κ2) is 2.74. The molecule has 0 radical (unpaired) electrons. The molecule has 0 aliphatic rings. The number of oxazole rings is 1. The number of nitrogens with two attached hydrogens (primary N) is 1. The summed E-state index contributed by atoms with van der Waals surface area (Å²) in [4.78, 5) is 11.2. The van der Waals surface area contributed by atoms with E-state index in [0.717, 1.165) is 11.1 Å². The molecular formula is C9H10N2O2. The van der Waals surface area contributed by atoms with Crippen LogP contribution >= 0.6 is 0 Å². The Morgan fingerprint density at radius 1 is 1.54 bits per heavy atom. The lowest BCUT2D eigenvalue weighted by Crippen LogP contribution is -2.08. The second-order valence-electron chi connectivity index (χ2n) is 2.90. The topological polar surface area (TPSA) is 61.2 Å². The molecule has 2 aromatic rings. The average molecular weight is 178 g/mol. The van der Waals surface area contributed by atoms with Crippen LogP contribution in [-0.4, -0.2) is 4.57 Å². The van der Waals surface area contributed by atoms with Crippen molar-refractivity contribution in [1.29, 1.82) is 0 Å². The monoisotopic (exact) mass is 178 g/mol. The van der Waals surface area contributed by atoms with Gasteiger partial charge in [0.1, 0.15) is 0 Å². The molecule has 1 aromatic carbocycles. The van der Waals surface area contributed by atoms with E-state index in [0.29, 0.717) is 12.1 Å². The predicted octanol–water partition coefficient (Wildman–Crippen LogP) is 0.590. The van der Waals surface area contributed by atoms with E-state index >= 15 is 0 Å². The molecule has 0 aliphatic heterocycles. The molecule has 0 fully saturated rings. The smallest absolute Gasteiger partial charge is 0.407 e. The van der Waals surface area contributed by atoms with Gasteiger partial charge in [-0.2, -0.15) is 0 Å². The minimum atomic E-state index is -0.351. The summed E-state index contributed by atoms with van der Waals surface area (Å²) >= 11 is 0. The third-order valence-corrected chi connectivity index (χ3v) is 2.12. The van der Waals surface area contributed by atoms with Crippen molar-refractivity contribution in [2.75, 3.05) is 0 Å². The van der Waals surface area contributed by atoms with Gasteiger partial charge in [-0.3, -0.25) is 4.57 Å². The molecule has 0 saturated heterocycles. The van der Waals surface area contributed by atoms with Crippen LogP contribution in [0.25, 0.3) is 11.1 Å². The fraction of sp³-hybridized carbons (Fsp3) is 0.222. The van der Waals surface area contributed by atoms with Gasteiger partial charge in [0.2, 0.25) is 0 Å². The number of aryl methyl sites for hydroxylation is 1. The van der Waals surface area contributed by atoms with Gasteiger partial charge in [-0.15, -0.1) is 0 Å². The van der Waals surface area contributed by atoms with E-state index in [1.54, 1.807) is 7.05 Å². The van der Waals surface area contributed by atoms with Gasteiger partial charge < -0.3 is 10.2 Å². The van der Waals surface area contributed by atoms with Crippen LogP contribution in [0, 0.1) is 0 Å². The third-order valence-electron chi connectivity index (χ3n) is 2.12. The van der Waals surface area contributed by atoms with E-state index in [1.165, 1.54) is 4.57 Å². The van der Waals surface area contributed by atoms with Crippen LogP contribution < -0.4 is 11.5 Å². The Labute approximate surface area is 74.6 Å². The highest BCUT2D eigenvalue weighted by Gasteiger charge is 2.07. The molecular weight excluding hydrogens is 168 g/mol. The lowest BCUT2D eigenvalue weighted by molar-refractivity contribution is 0.525. The number of hydrogen-bond donors (Lipinski definition) is 1. The maximum Gasteiger partial charge on any atom is 0.419 e. The molecule has 2 rings (SSSR count). The number of fused-ring (bicyclic) bond motifs is 1. The van der Waals surface area contributed by atoms with E-state index in [2.05, 4.69) is 0 Å². The van der Waals surface area contributed by atoms with Gasteiger partial charge in [0.15, 0.2) is 5.58 Å². The first kappa shape index (κ1) is 8.07. The molecule has 0 atom stereocenters. The van der Waals surface area contributed by atoms with Crippen LogP contribution in [0.3, 0.4) is 0 Å². The van der Waals surface area contributed by atoms with Crippen molar-refractivity contribution in [2.45, 2.75) is 6.54 Å². The molecule has 1 heterocycles. The van der Waals surface area contributed by atoms with Crippen LogP contribution in [0.5, 0.6) is 0 Å². The fourth-order valence-corrected chi connectivity index (χ4v) is 1.37. The lowest BCUT2D eigenvalue weighted by Gasteiger charge is -1.96. The zero-order valence-electron chi connectivity index (χ0n) is 7.28. The maximum absolute atomic E-state index is 11.2. The third kappa shape index (κ3) is 1.07. The Balaban J connectivity index is 2.92. The van der Waals surface area contributed by atoms with Gasteiger partial charge in [-0.1, -0.05) is 12.1 Å². The van der Waals surface area contributed by atoms with Crippen LogP contribution in [0.2, 0.25) is 0 Å². The Kier molecular flexibility index (Phi) is 1.70. The van der Waals surface area contributed by atoms with E-state index in [4.69, 9.17) is 10.2 Å². The lowest BCUT2D eigenvalue weighted by atomic mass is 10.2. The number of hydrogen-bond acceptors (Lipinski definition) is 3.